The number of rotatable bonds is 0. The van der Waals surface area contributed by atoms with Crippen LogP contribution >= 0.6 is 0 Å². The third-order valence-corrected chi connectivity index (χ3v) is 2.56. The first-order valence-corrected chi connectivity index (χ1v) is 4.36. The summed E-state index contributed by atoms with van der Waals surface area (Å²) in [6.07, 6.45) is 1.07. The lowest BCUT2D eigenvalue weighted by Crippen LogP contribution is -2.25. The van der Waals surface area contributed by atoms with Gasteiger partial charge in [-0.15, -0.1) is 0 Å². The molecule has 1 aliphatic heterocycles. The van der Waals surface area contributed by atoms with Crippen LogP contribution < -0.4 is 11.1 Å². The summed E-state index contributed by atoms with van der Waals surface area (Å²) in [5.74, 6) is 0. The molecule has 3 N–H and O–H groups in total. The van der Waals surface area contributed by atoms with Crippen LogP contribution in [0.1, 0.15) is 16.7 Å². The summed E-state index contributed by atoms with van der Waals surface area (Å²) in [4.78, 5) is 0. The summed E-state index contributed by atoms with van der Waals surface area (Å²) in [5.41, 5.74) is 11.0. The number of fused-ring (bicyclic) bond motifs is 1. The van der Waals surface area contributed by atoms with Crippen molar-refractivity contribution in [3.8, 4) is 0 Å². The van der Waals surface area contributed by atoms with E-state index >= 15 is 0 Å². The minimum Gasteiger partial charge on any atom is -0.398 e. The molecule has 0 amide bonds. The first-order chi connectivity index (χ1) is 5.79. The summed E-state index contributed by atoms with van der Waals surface area (Å²) in [6, 6.07) is 4.11. The Bertz CT molecular complexity index is 274. The van der Waals surface area contributed by atoms with E-state index in [4.69, 9.17) is 5.73 Å². The number of nitrogen functional groups attached to an aromatic ring is 1. The summed E-state index contributed by atoms with van der Waals surface area (Å²) in [5, 5.41) is 3.35. The van der Waals surface area contributed by atoms with E-state index in [2.05, 4.69) is 18.3 Å². The van der Waals surface area contributed by atoms with Gasteiger partial charge in [0.2, 0.25) is 0 Å². The van der Waals surface area contributed by atoms with Crippen molar-refractivity contribution in [3.05, 3.63) is 28.8 Å². The lowest BCUT2D eigenvalue weighted by molar-refractivity contribution is 0.642. The maximum atomic E-state index is 5.88. The monoisotopic (exact) mass is 162 g/mol. The van der Waals surface area contributed by atoms with Gasteiger partial charge in [-0.05, 0) is 42.6 Å². The molecule has 2 heteroatoms. The van der Waals surface area contributed by atoms with Crippen LogP contribution in [0.15, 0.2) is 12.1 Å². The number of nitrogens with one attached hydrogen (secondary N) is 1. The molecule has 12 heavy (non-hydrogen) atoms. The Hall–Kier alpha value is -1.02. The smallest absolute Gasteiger partial charge is 0.0350 e. The normalized spacial score (nSPS) is 15.8. The van der Waals surface area contributed by atoms with Crippen LogP contribution in [-0.4, -0.2) is 6.54 Å². The Morgan fingerprint density at radius 1 is 1.33 bits per heavy atom. The molecular weight excluding hydrogens is 148 g/mol. The highest BCUT2D eigenvalue weighted by atomic mass is 14.9. The highest BCUT2D eigenvalue weighted by Crippen LogP contribution is 2.23. The van der Waals surface area contributed by atoms with Crippen LogP contribution in [0.3, 0.4) is 0 Å². The van der Waals surface area contributed by atoms with E-state index in [1.54, 1.807) is 0 Å². The van der Waals surface area contributed by atoms with Crippen LogP contribution in [0.25, 0.3) is 0 Å². The van der Waals surface area contributed by atoms with E-state index in [9.17, 15) is 0 Å². The first-order valence-electron chi connectivity index (χ1n) is 4.36. The SMILES string of the molecule is Cc1ccc(N)c2c1CNCC2. The van der Waals surface area contributed by atoms with Gasteiger partial charge < -0.3 is 11.1 Å². The van der Waals surface area contributed by atoms with Crippen molar-refractivity contribution >= 4 is 5.69 Å². The molecule has 2 rings (SSSR count). The molecule has 0 atom stereocenters. The maximum Gasteiger partial charge on any atom is 0.0350 e. The largest absolute Gasteiger partial charge is 0.398 e. The molecule has 0 saturated carbocycles. The van der Waals surface area contributed by atoms with E-state index in [0.717, 1.165) is 25.2 Å². The zero-order valence-electron chi connectivity index (χ0n) is 7.35. The fourth-order valence-corrected chi connectivity index (χ4v) is 1.80. The van der Waals surface area contributed by atoms with E-state index < -0.39 is 0 Å². The molecule has 0 bridgehead atoms. The average Bonchev–Trinajstić information content (AvgIpc) is 2.12. The van der Waals surface area contributed by atoms with Gasteiger partial charge >= 0.3 is 0 Å². The molecule has 0 radical (unpaired) electrons. The van der Waals surface area contributed by atoms with E-state index in [-0.39, 0.29) is 0 Å². The molecule has 1 aliphatic rings. The molecule has 1 aromatic carbocycles. The highest BCUT2D eigenvalue weighted by Gasteiger charge is 2.12. The Morgan fingerprint density at radius 2 is 2.17 bits per heavy atom. The molecule has 1 heterocycles. The van der Waals surface area contributed by atoms with Gasteiger partial charge in [-0.3, -0.25) is 0 Å². The van der Waals surface area contributed by atoms with Crippen LogP contribution in [-0.2, 0) is 13.0 Å². The van der Waals surface area contributed by atoms with Gasteiger partial charge in [0.1, 0.15) is 0 Å². The van der Waals surface area contributed by atoms with Gasteiger partial charge in [-0.1, -0.05) is 6.07 Å². The molecule has 0 unspecified atom stereocenters. The van der Waals surface area contributed by atoms with Gasteiger partial charge in [-0.2, -0.15) is 0 Å². The van der Waals surface area contributed by atoms with Crippen molar-refractivity contribution in [2.45, 2.75) is 19.9 Å². The lowest BCUT2D eigenvalue weighted by Gasteiger charge is -2.20. The molecule has 0 fully saturated rings. The Labute approximate surface area is 72.8 Å². The van der Waals surface area contributed by atoms with Crippen LogP contribution in [0, 0.1) is 6.92 Å². The second kappa shape index (κ2) is 2.79. The summed E-state index contributed by atoms with van der Waals surface area (Å²) < 4.78 is 0. The molecule has 0 spiro atoms. The van der Waals surface area contributed by atoms with Gasteiger partial charge in [0.15, 0.2) is 0 Å². The summed E-state index contributed by atoms with van der Waals surface area (Å²) >= 11 is 0. The predicted octanol–water partition coefficient (Wildman–Crippen LogP) is 1.22. The van der Waals surface area contributed by atoms with Gasteiger partial charge in [0, 0.05) is 12.2 Å². The summed E-state index contributed by atoms with van der Waals surface area (Å²) in [6.45, 7) is 4.18. The van der Waals surface area contributed by atoms with Crippen molar-refractivity contribution in [1.29, 1.82) is 0 Å². The number of nitrogens with two attached hydrogens (primary N) is 1. The van der Waals surface area contributed by atoms with Crippen LogP contribution in [0.2, 0.25) is 0 Å². The molecule has 1 aromatic rings. The summed E-state index contributed by atoms with van der Waals surface area (Å²) in [7, 11) is 0. The third kappa shape index (κ3) is 1.08. The number of hydrogen-bond acceptors (Lipinski definition) is 2. The van der Waals surface area contributed by atoms with Crippen molar-refractivity contribution in [2.75, 3.05) is 12.3 Å². The quantitative estimate of drug-likeness (QED) is 0.563. The Morgan fingerprint density at radius 3 is 2.92 bits per heavy atom. The van der Waals surface area contributed by atoms with Gasteiger partial charge in [0.05, 0.1) is 0 Å². The minimum atomic E-state index is 0.956. The molecule has 2 nitrogen and oxygen atoms in total. The van der Waals surface area contributed by atoms with Crippen LogP contribution in [0.4, 0.5) is 5.69 Å². The van der Waals surface area contributed by atoms with Crippen molar-refractivity contribution < 1.29 is 0 Å². The van der Waals surface area contributed by atoms with Crippen molar-refractivity contribution in [2.24, 2.45) is 0 Å². The van der Waals surface area contributed by atoms with Gasteiger partial charge in [0.25, 0.3) is 0 Å². The topological polar surface area (TPSA) is 38.0 Å². The molecule has 0 aromatic heterocycles. The zero-order chi connectivity index (χ0) is 8.55. The number of hydrogen-bond donors (Lipinski definition) is 2. The molecule has 64 valence electrons. The van der Waals surface area contributed by atoms with Crippen LogP contribution in [0.5, 0.6) is 0 Å². The first kappa shape index (κ1) is 7.62. The standard InChI is InChI=1S/C10H14N2/c1-7-2-3-10(11)8-4-5-12-6-9(7)8/h2-3,12H,4-6,11H2,1H3. The number of aryl methyl sites for hydroxylation is 1. The van der Waals surface area contributed by atoms with E-state index in [1.165, 1.54) is 16.7 Å². The second-order valence-corrected chi connectivity index (χ2v) is 3.36. The number of benzene rings is 1. The average molecular weight is 162 g/mol. The fraction of sp³-hybridized carbons (Fsp3) is 0.400. The minimum absolute atomic E-state index is 0.956. The second-order valence-electron chi connectivity index (χ2n) is 3.36. The lowest BCUT2D eigenvalue weighted by atomic mass is 9.95. The highest BCUT2D eigenvalue weighted by molar-refractivity contribution is 5.54. The Balaban J connectivity index is 2.57. The third-order valence-electron chi connectivity index (χ3n) is 2.56. The van der Waals surface area contributed by atoms with E-state index in [0.29, 0.717) is 0 Å². The maximum absolute atomic E-state index is 5.88. The molecule has 0 saturated heterocycles. The Kier molecular flexibility index (Phi) is 1.77. The predicted molar refractivity (Wildman–Crippen MR) is 51.0 cm³/mol. The van der Waals surface area contributed by atoms with Crippen molar-refractivity contribution in [1.82, 2.24) is 5.32 Å². The zero-order valence-corrected chi connectivity index (χ0v) is 7.35. The fourth-order valence-electron chi connectivity index (χ4n) is 1.80. The number of anilines is 1. The molecule has 0 aliphatic carbocycles. The van der Waals surface area contributed by atoms with Gasteiger partial charge in [-0.25, -0.2) is 0 Å². The molecular formula is C10H14N2. The van der Waals surface area contributed by atoms with Crippen molar-refractivity contribution in [3.63, 3.8) is 0 Å². The van der Waals surface area contributed by atoms with E-state index in [1.807, 2.05) is 6.07 Å².